The van der Waals surface area contributed by atoms with Crippen molar-refractivity contribution in [1.29, 1.82) is 0 Å². The zero-order chi connectivity index (χ0) is 27.5. The summed E-state index contributed by atoms with van der Waals surface area (Å²) in [5.74, 6) is -6.98. The molecule has 0 aliphatic rings. The van der Waals surface area contributed by atoms with Crippen molar-refractivity contribution in [2.45, 2.75) is 31.8 Å². The van der Waals surface area contributed by atoms with Crippen LogP contribution in [0.2, 0.25) is 0 Å². The van der Waals surface area contributed by atoms with E-state index in [0.717, 1.165) is 30.3 Å². The van der Waals surface area contributed by atoms with Crippen LogP contribution in [0.1, 0.15) is 25.0 Å². The van der Waals surface area contributed by atoms with Gasteiger partial charge in [0, 0.05) is 27.7 Å². The minimum Gasteiger partial charge on any atom is -0.429 e. The van der Waals surface area contributed by atoms with Crippen LogP contribution in [0, 0.1) is 36.0 Å². The van der Waals surface area contributed by atoms with E-state index in [1.807, 2.05) is 13.8 Å². The molecular weight excluding hydrogens is 517 g/mol. The van der Waals surface area contributed by atoms with Crippen LogP contribution in [-0.4, -0.2) is 0 Å². The lowest BCUT2D eigenvalue weighted by atomic mass is 10.0. The molecule has 37 heavy (non-hydrogen) atoms. The third kappa shape index (κ3) is 5.93. The van der Waals surface area contributed by atoms with Crippen LogP contribution in [-0.2, 0) is 6.11 Å². The molecule has 0 radical (unpaired) electrons. The molecular formula is C28H21F7OS. The lowest BCUT2D eigenvalue weighted by molar-refractivity contribution is -0.187. The van der Waals surface area contributed by atoms with E-state index >= 15 is 0 Å². The van der Waals surface area contributed by atoms with Gasteiger partial charge in [-0.3, -0.25) is 0 Å². The van der Waals surface area contributed by atoms with Crippen molar-refractivity contribution in [1.82, 2.24) is 0 Å². The molecule has 0 heterocycles. The molecule has 0 amide bonds. The molecule has 0 saturated carbocycles. The average Bonchev–Trinajstić information content (AvgIpc) is 2.85. The molecule has 194 valence electrons. The van der Waals surface area contributed by atoms with Gasteiger partial charge in [0.2, 0.25) is 0 Å². The number of thiol groups is 1. The number of benzene rings is 4. The Morgan fingerprint density at radius 2 is 1.22 bits per heavy atom. The van der Waals surface area contributed by atoms with E-state index in [9.17, 15) is 30.7 Å². The second kappa shape index (κ2) is 11.3. The predicted molar refractivity (Wildman–Crippen MR) is 131 cm³/mol. The highest BCUT2D eigenvalue weighted by atomic mass is 32.1. The molecule has 0 fully saturated rings. The van der Waals surface area contributed by atoms with E-state index in [2.05, 4.69) is 17.4 Å². The van der Waals surface area contributed by atoms with Crippen molar-refractivity contribution >= 4 is 12.6 Å². The maximum absolute atomic E-state index is 14.7. The van der Waals surface area contributed by atoms with E-state index in [0.29, 0.717) is 17.0 Å². The van der Waals surface area contributed by atoms with Crippen LogP contribution in [0.5, 0.6) is 5.75 Å². The molecule has 0 N–H and O–H groups in total. The second-order valence-electron chi connectivity index (χ2n) is 7.66. The molecule has 0 bridgehead atoms. The van der Waals surface area contributed by atoms with Gasteiger partial charge in [-0.25, -0.2) is 22.0 Å². The molecule has 0 atom stereocenters. The van der Waals surface area contributed by atoms with E-state index < -0.39 is 46.5 Å². The summed E-state index contributed by atoms with van der Waals surface area (Å²) < 4.78 is 105. The van der Waals surface area contributed by atoms with E-state index in [4.69, 9.17) is 0 Å². The topological polar surface area (TPSA) is 9.23 Å². The second-order valence-corrected chi connectivity index (χ2v) is 8.18. The molecule has 0 saturated heterocycles. The largest absolute Gasteiger partial charge is 0.429 e. The summed E-state index contributed by atoms with van der Waals surface area (Å²) in [6.45, 7) is 5.20. The third-order valence-corrected chi connectivity index (χ3v) is 5.65. The minimum atomic E-state index is -4.37. The van der Waals surface area contributed by atoms with Crippen molar-refractivity contribution in [3.05, 3.63) is 107 Å². The number of alkyl halides is 2. The summed E-state index contributed by atoms with van der Waals surface area (Å²) in [4.78, 5) is 0.571. The number of rotatable bonds is 5. The first kappa shape index (κ1) is 28.1. The first-order chi connectivity index (χ1) is 17.5. The van der Waals surface area contributed by atoms with Gasteiger partial charge in [0.25, 0.3) is 0 Å². The third-order valence-electron chi connectivity index (χ3n) is 5.35. The quantitative estimate of drug-likeness (QED) is 0.197. The monoisotopic (exact) mass is 538 g/mol. The lowest BCUT2D eigenvalue weighted by Gasteiger charge is -2.20. The van der Waals surface area contributed by atoms with Crippen molar-refractivity contribution in [2.24, 2.45) is 0 Å². The molecule has 0 unspecified atom stereocenters. The van der Waals surface area contributed by atoms with Crippen LogP contribution in [0.3, 0.4) is 0 Å². The van der Waals surface area contributed by atoms with E-state index in [1.165, 1.54) is 31.2 Å². The zero-order valence-electron chi connectivity index (χ0n) is 19.9. The van der Waals surface area contributed by atoms with Gasteiger partial charge in [0.15, 0.2) is 11.6 Å². The lowest BCUT2D eigenvalue weighted by Crippen LogP contribution is -2.24. The number of ether oxygens (including phenoxy) is 1. The summed E-state index contributed by atoms with van der Waals surface area (Å²) >= 11 is 4.10. The summed E-state index contributed by atoms with van der Waals surface area (Å²) in [6.07, 6.45) is -4.37. The molecule has 0 aliphatic carbocycles. The Morgan fingerprint density at radius 3 is 1.78 bits per heavy atom. The van der Waals surface area contributed by atoms with Crippen LogP contribution in [0.25, 0.3) is 22.3 Å². The van der Waals surface area contributed by atoms with E-state index in [1.54, 1.807) is 0 Å². The zero-order valence-corrected chi connectivity index (χ0v) is 20.7. The first-order valence-corrected chi connectivity index (χ1v) is 11.5. The van der Waals surface area contributed by atoms with Crippen LogP contribution in [0.15, 0.2) is 71.6 Å². The summed E-state index contributed by atoms with van der Waals surface area (Å²) in [5.41, 5.74) is -2.08. The summed E-state index contributed by atoms with van der Waals surface area (Å²) in [7, 11) is 0. The van der Waals surface area contributed by atoms with Gasteiger partial charge in [0.05, 0.1) is 0 Å². The molecule has 4 aromatic carbocycles. The fraction of sp³-hybridized carbons (Fsp3) is 0.143. The fourth-order valence-corrected chi connectivity index (χ4v) is 3.58. The molecule has 9 heteroatoms. The van der Waals surface area contributed by atoms with Gasteiger partial charge in [-0.2, -0.15) is 8.78 Å². The van der Waals surface area contributed by atoms with Crippen LogP contribution in [0.4, 0.5) is 30.7 Å². The summed E-state index contributed by atoms with van der Waals surface area (Å²) in [5, 5.41) is 0. The maximum atomic E-state index is 14.7. The van der Waals surface area contributed by atoms with Gasteiger partial charge in [-0.15, -0.1) is 12.6 Å². The number of halogens is 7. The highest BCUT2D eigenvalue weighted by Crippen LogP contribution is 2.38. The molecule has 4 aromatic rings. The Labute approximate surface area is 214 Å². The van der Waals surface area contributed by atoms with Crippen LogP contribution >= 0.6 is 12.6 Å². The Kier molecular flexibility index (Phi) is 8.58. The van der Waals surface area contributed by atoms with Gasteiger partial charge >= 0.3 is 6.11 Å². The smallest absolute Gasteiger partial charge is 0.429 e. The highest BCUT2D eigenvalue weighted by Gasteiger charge is 2.39. The number of hydrogen-bond acceptors (Lipinski definition) is 2. The van der Waals surface area contributed by atoms with Crippen molar-refractivity contribution in [3.63, 3.8) is 0 Å². The fourth-order valence-electron chi connectivity index (χ4n) is 3.44. The SMILES string of the molecule is CC.Cc1c(F)cc(-c2ccc(OC(F)(F)c3ccc(-c4ccc(S)cc4)c(F)c3F)cc2F)cc1F. The van der Waals surface area contributed by atoms with Gasteiger partial charge in [-0.05, 0) is 60.5 Å². The Hall–Kier alpha value is -3.46. The van der Waals surface area contributed by atoms with Gasteiger partial charge in [0.1, 0.15) is 28.8 Å². The Morgan fingerprint density at radius 1 is 0.649 bits per heavy atom. The Bertz CT molecular complexity index is 1400. The minimum absolute atomic E-state index is 0.156. The number of hydrogen-bond donors (Lipinski definition) is 1. The highest BCUT2D eigenvalue weighted by molar-refractivity contribution is 7.80. The molecule has 0 spiro atoms. The Balaban J connectivity index is 0.00000186. The summed E-state index contributed by atoms with van der Waals surface area (Å²) in [6, 6.07) is 11.9. The van der Waals surface area contributed by atoms with Crippen LogP contribution < -0.4 is 4.74 Å². The van der Waals surface area contributed by atoms with Crippen molar-refractivity contribution in [3.8, 4) is 28.0 Å². The standard InChI is InChI=1S/C26H15F7OS.C2H6/c1-13-21(27)10-15(11-22(13)28)18-7-4-16(12-23(18)29)34-26(32,33)20-9-8-19(24(30)25(20)31)14-2-5-17(35)6-3-14;1-2/h2-12,35H,1H3;1-2H3. The normalized spacial score (nSPS) is 11.1. The van der Waals surface area contributed by atoms with Crippen molar-refractivity contribution in [2.75, 3.05) is 0 Å². The molecule has 4 rings (SSSR count). The van der Waals surface area contributed by atoms with Gasteiger partial charge in [-0.1, -0.05) is 32.0 Å². The first-order valence-electron chi connectivity index (χ1n) is 11.1. The van der Waals surface area contributed by atoms with Crippen molar-refractivity contribution < 1.29 is 35.5 Å². The molecule has 0 aliphatic heterocycles. The van der Waals surface area contributed by atoms with E-state index in [-0.39, 0.29) is 27.8 Å². The molecule has 0 aromatic heterocycles. The molecule has 1 nitrogen and oxygen atoms in total. The predicted octanol–water partition coefficient (Wildman–Crippen LogP) is 9.47. The van der Waals surface area contributed by atoms with Gasteiger partial charge < -0.3 is 4.74 Å². The average molecular weight is 539 g/mol. The maximum Gasteiger partial charge on any atom is 0.429 e.